The molecule has 2 rings (SSSR count). The van der Waals surface area contributed by atoms with Crippen molar-refractivity contribution in [2.75, 3.05) is 13.7 Å². The van der Waals surface area contributed by atoms with Crippen LogP contribution in [-0.2, 0) is 13.1 Å². The molecular weight excluding hydrogens is 254 g/mol. The van der Waals surface area contributed by atoms with Gasteiger partial charge in [0.25, 0.3) is 0 Å². The average molecular weight is 268 g/mol. The Morgan fingerprint density at radius 1 is 1.37 bits per heavy atom. The number of hydrogen-bond acceptors (Lipinski definition) is 4. The van der Waals surface area contributed by atoms with Gasteiger partial charge in [0, 0.05) is 18.8 Å². The molecule has 0 aliphatic heterocycles. The second kappa shape index (κ2) is 6.24. The van der Waals surface area contributed by atoms with Gasteiger partial charge in [0.2, 0.25) is 0 Å². The minimum absolute atomic E-state index is 0.0250. The van der Waals surface area contributed by atoms with Crippen molar-refractivity contribution in [3.05, 3.63) is 41.7 Å². The highest BCUT2D eigenvalue weighted by atomic mass is 19.1. The highest BCUT2D eigenvalue weighted by Gasteiger charge is 2.05. The van der Waals surface area contributed by atoms with Gasteiger partial charge in [-0.25, -0.2) is 13.5 Å². The third kappa shape index (κ3) is 3.72. The number of ether oxygens (including phenoxy) is 1. The van der Waals surface area contributed by atoms with Gasteiger partial charge in [-0.2, -0.15) is 0 Å². The van der Waals surface area contributed by atoms with Gasteiger partial charge in [-0.15, -0.1) is 5.10 Å². The van der Waals surface area contributed by atoms with Crippen LogP contribution in [0.1, 0.15) is 5.69 Å². The SMILES string of the molecule is CNCc1cn(CCOc2ccc(F)cc2F)nn1. The molecule has 7 heteroatoms. The van der Waals surface area contributed by atoms with E-state index in [1.807, 2.05) is 7.05 Å². The van der Waals surface area contributed by atoms with E-state index in [9.17, 15) is 8.78 Å². The molecule has 1 N–H and O–H groups in total. The van der Waals surface area contributed by atoms with Gasteiger partial charge in [0.1, 0.15) is 12.4 Å². The Labute approximate surface area is 109 Å². The van der Waals surface area contributed by atoms with Crippen LogP contribution in [-0.4, -0.2) is 28.6 Å². The zero-order valence-electron chi connectivity index (χ0n) is 10.4. The summed E-state index contributed by atoms with van der Waals surface area (Å²) in [5, 5.41) is 10.8. The summed E-state index contributed by atoms with van der Waals surface area (Å²) >= 11 is 0. The molecule has 19 heavy (non-hydrogen) atoms. The van der Waals surface area contributed by atoms with Gasteiger partial charge in [-0.3, -0.25) is 0 Å². The lowest BCUT2D eigenvalue weighted by atomic mass is 10.3. The molecule has 1 heterocycles. The van der Waals surface area contributed by atoms with E-state index in [0.29, 0.717) is 13.1 Å². The first-order valence-electron chi connectivity index (χ1n) is 5.80. The summed E-state index contributed by atoms with van der Waals surface area (Å²) in [6, 6.07) is 3.20. The van der Waals surface area contributed by atoms with Crippen LogP contribution in [0.4, 0.5) is 8.78 Å². The molecule has 0 amide bonds. The van der Waals surface area contributed by atoms with Crippen molar-refractivity contribution >= 4 is 0 Å². The normalized spacial score (nSPS) is 10.7. The zero-order chi connectivity index (χ0) is 13.7. The molecule has 1 aromatic carbocycles. The molecule has 2 aromatic rings. The summed E-state index contributed by atoms with van der Waals surface area (Å²) < 4.78 is 32.8. The second-order valence-electron chi connectivity index (χ2n) is 3.93. The van der Waals surface area contributed by atoms with Crippen molar-refractivity contribution in [3.63, 3.8) is 0 Å². The number of rotatable bonds is 6. The first-order valence-corrected chi connectivity index (χ1v) is 5.80. The molecule has 0 unspecified atom stereocenters. The quantitative estimate of drug-likeness (QED) is 0.859. The Balaban J connectivity index is 1.85. The first kappa shape index (κ1) is 13.4. The maximum atomic E-state index is 13.3. The molecule has 0 bridgehead atoms. The Kier molecular flexibility index (Phi) is 4.40. The van der Waals surface area contributed by atoms with Crippen LogP contribution in [0, 0.1) is 11.6 Å². The number of benzene rings is 1. The monoisotopic (exact) mass is 268 g/mol. The predicted molar refractivity (Wildman–Crippen MR) is 64.6 cm³/mol. The van der Waals surface area contributed by atoms with Gasteiger partial charge in [0.15, 0.2) is 11.6 Å². The standard InChI is InChI=1S/C12H14F2N4O/c1-15-7-10-8-18(17-16-10)4-5-19-12-3-2-9(13)6-11(12)14/h2-3,6,8,15H,4-5,7H2,1H3. The van der Waals surface area contributed by atoms with E-state index in [-0.39, 0.29) is 12.4 Å². The van der Waals surface area contributed by atoms with E-state index < -0.39 is 11.6 Å². The van der Waals surface area contributed by atoms with Crippen LogP contribution in [0.3, 0.4) is 0 Å². The van der Waals surface area contributed by atoms with Crippen molar-refractivity contribution in [3.8, 4) is 5.75 Å². The fourth-order valence-electron chi connectivity index (χ4n) is 1.55. The summed E-state index contributed by atoms with van der Waals surface area (Å²) in [5.74, 6) is -1.32. The van der Waals surface area contributed by atoms with Crippen molar-refractivity contribution in [2.45, 2.75) is 13.1 Å². The number of halogens is 2. The lowest BCUT2D eigenvalue weighted by molar-refractivity contribution is 0.276. The summed E-state index contributed by atoms with van der Waals surface area (Å²) in [4.78, 5) is 0. The van der Waals surface area contributed by atoms with Crippen LogP contribution < -0.4 is 10.1 Å². The Bertz CT molecular complexity index is 544. The van der Waals surface area contributed by atoms with Crippen molar-refractivity contribution < 1.29 is 13.5 Å². The maximum Gasteiger partial charge on any atom is 0.167 e. The molecule has 0 saturated carbocycles. The third-order valence-electron chi connectivity index (χ3n) is 2.42. The van der Waals surface area contributed by atoms with Crippen LogP contribution in [0.25, 0.3) is 0 Å². The highest BCUT2D eigenvalue weighted by molar-refractivity contribution is 5.24. The molecule has 0 radical (unpaired) electrons. The summed E-state index contributed by atoms with van der Waals surface area (Å²) in [5.41, 5.74) is 0.815. The van der Waals surface area contributed by atoms with E-state index in [1.165, 1.54) is 6.07 Å². The minimum atomic E-state index is -0.713. The molecule has 0 spiro atoms. The van der Waals surface area contributed by atoms with E-state index >= 15 is 0 Å². The van der Waals surface area contributed by atoms with E-state index in [2.05, 4.69) is 15.6 Å². The Morgan fingerprint density at radius 2 is 2.21 bits per heavy atom. The zero-order valence-corrected chi connectivity index (χ0v) is 10.4. The molecule has 0 atom stereocenters. The average Bonchev–Trinajstić information content (AvgIpc) is 2.80. The molecule has 0 saturated heterocycles. The van der Waals surface area contributed by atoms with Crippen molar-refractivity contribution in [1.82, 2.24) is 20.3 Å². The highest BCUT2D eigenvalue weighted by Crippen LogP contribution is 2.17. The molecule has 0 aliphatic rings. The summed E-state index contributed by atoms with van der Waals surface area (Å²) in [6.45, 7) is 1.30. The lowest BCUT2D eigenvalue weighted by Gasteiger charge is -2.06. The predicted octanol–water partition coefficient (Wildman–Crippen LogP) is 1.35. The fourth-order valence-corrected chi connectivity index (χ4v) is 1.55. The molecule has 5 nitrogen and oxygen atoms in total. The fraction of sp³-hybridized carbons (Fsp3) is 0.333. The van der Waals surface area contributed by atoms with Crippen LogP contribution in [0.2, 0.25) is 0 Å². The largest absolute Gasteiger partial charge is 0.489 e. The maximum absolute atomic E-state index is 13.3. The van der Waals surface area contributed by atoms with Gasteiger partial charge < -0.3 is 10.1 Å². The Hall–Kier alpha value is -2.02. The number of hydrogen-bond donors (Lipinski definition) is 1. The molecular formula is C12H14F2N4O. The molecule has 1 aromatic heterocycles. The van der Waals surface area contributed by atoms with Gasteiger partial charge >= 0.3 is 0 Å². The van der Waals surface area contributed by atoms with Gasteiger partial charge in [0.05, 0.1) is 12.2 Å². The topological polar surface area (TPSA) is 52.0 Å². The number of nitrogens with one attached hydrogen (secondary N) is 1. The molecule has 102 valence electrons. The van der Waals surface area contributed by atoms with E-state index in [1.54, 1.807) is 10.9 Å². The Morgan fingerprint density at radius 3 is 2.95 bits per heavy atom. The smallest absolute Gasteiger partial charge is 0.167 e. The van der Waals surface area contributed by atoms with Gasteiger partial charge in [-0.1, -0.05) is 5.21 Å². The van der Waals surface area contributed by atoms with Crippen LogP contribution in [0.5, 0.6) is 5.75 Å². The third-order valence-corrected chi connectivity index (χ3v) is 2.42. The summed E-state index contributed by atoms with van der Waals surface area (Å²) in [6.07, 6.45) is 1.78. The number of aromatic nitrogens is 3. The lowest BCUT2D eigenvalue weighted by Crippen LogP contribution is -2.09. The van der Waals surface area contributed by atoms with E-state index in [0.717, 1.165) is 17.8 Å². The van der Waals surface area contributed by atoms with Crippen molar-refractivity contribution in [1.29, 1.82) is 0 Å². The minimum Gasteiger partial charge on any atom is -0.489 e. The second-order valence-corrected chi connectivity index (χ2v) is 3.93. The number of nitrogens with zero attached hydrogens (tertiary/aromatic N) is 3. The van der Waals surface area contributed by atoms with Crippen LogP contribution in [0.15, 0.2) is 24.4 Å². The van der Waals surface area contributed by atoms with Crippen LogP contribution >= 0.6 is 0 Å². The van der Waals surface area contributed by atoms with E-state index in [4.69, 9.17) is 4.74 Å². The first-order chi connectivity index (χ1) is 9.19. The molecule has 0 fully saturated rings. The van der Waals surface area contributed by atoms with Crippen molar-refractivity contribution in [2.24, 2.45) is 0 Å². The molecule has 0 aliphatic carbocycles. The van der Waals surface area contributed by atoms with Gasteiger partial charge in [-0.05, 0) is 19.2 Å². The summed E-state index contributed by atoms with van der Waals surface area (Å²) in [7, 11) is 1.82.